The Morgan fingerprint density at radius 1 is 1.03 bits per heavy atom. The summed E-state index contributed by atoms with van der Waals surface area (Å²) in [5.74, 6) is 0.244. The van der Waals surface area contributed by atoms with Gasteiger partial charge >= 0.3 is 6.03 Å². The first kappa shape index (κ1) is 21.9. The number of hydrogen-bond donors (Lipinski definition) is 1. The van der Waals surface area contributed by atoms with Gasteiger partial charge in [-0.3, -0.25) is 4.90 Å². The second-order valence-corrected chi connectivity index (χ2v) is 8.40. The average molecular weight is 475 g/mol. The van der Waals surface area contributed by atoms with Gasteiger partial charge in [0.05, 0.1) is 17.3 Å². The molecule has 0 fully saturated rings. The smallest absolute Gasteiger partial charge is 0.326 e. The summed E-state index contributed by atoms with van der Waals surface area (Å²) < 4.78 is 19.0. The molecule has 2 amide bonds. The van der Waals surface area contributed by atoms with Crippen LogP contribution in [-0.4, -0.2) is 16.2 Å². The maximum absolute atomic E-state index is 13.4. The molecule has 0 radical (unpaired) electrons. The number of anilines is 1. The number of rotatable bonds is 4. The van der Waals surface area contributed by atoms with Crippen molar-refractivity contribution in [3.05, 3.63) is 106 Å². The number of aryl methyl sites for hydroxylation is 1. The number of nitrogens with zero attached hydrogens (tertiary/aromatic N) is 3. The van der Waals surface area contributed by atoms with Gasteiger partial charge < -0.3 is 9.84 Å². The molecule has 1 aliphatic heterocycles. The number of urea groups is 1. The lowest BCUT2D eigenvalue weighted by atomic mass is 9.94. The lowest BCUT2D eigenvalue weighted by molar-refractivity contribution is 0.244. The van der Waals surface area contributed by atoms with E-state index in [0.29, 0.717) is 33.4 Å². The topological polar surface area (TPSA) is 71.3 Å². The zero-order chi connectivity index (χ0) is 23.8. The maximum Gasteiger partial charge on any atom is 0.326 e. The second-order valence-electron chi connectivity index (χ2n) is 7.99. The van der Waals surface area contributed by atoms with Gasteiger partial charge in [-0.1, -0.05) is 47.1 Å². The number of benzene rings is 3. The van der Waals surface area contributed by atoms with Crippen LogP contribution in [0.4, 0.5) is 14.9 Å². The minimum Gasteiger partial charge on any atom is -0.334 e. The van der Waals surface area contributed by atoms with Crippen molar-refractivity contribution in [2.75, 3.05) is 4.90 Å². The quantitative estimate of drug-likeness (QED) is 0.364. The van der Waals surface area contributed by atoms with Crippen LogP contribution in [0, 0.1) is 12.7 Å². The molecule has 0 bridgehead atoms. The van der Waals surface area contributed by atoms with Gasteiger partial charge in [-0.15, -0.1) is 0 Å². The van der Waals surface area contributed by atoms with E-state index in [2.05, 4.69) is 15.5 Å². The van der Waals surface area contributed by atoms with Gasteiger partial charge in [-0.25, -0.2) is 9.18 Å². The molecule has 0 aliphatic carbocycles. The molecule has 2 heterocycles. The molecule has 1 atom stereocenters. The standard InChI is InChI=1S/C26H20ClFN4O2/c1-15-14-20(12-13-21(15)27)32-16(2)22(23(29-26(32)33)17-6-4-3-5-7-17)25-30-24(31-34-25)18-8-10-19(28)11-9-18/h3-14,23H,1-2H3,(H,29,33). The molecule has 1 unspecified atom stereocenters. The predicted octanol–water partition coefficient (Wildman–Crippen LogP) is 6.54. The van der Waals surface area contributed by atoms with Crippen molar-refractivity contribution in [1.82, 2.24) is 15.5 Å². The van der Waals surface area contributed by atoms with E-state index < -0.39 is 6.04 Å². The third-order valence-corrected chi connectivity index (χ3v) is 6.20. The molecule has 1 aliphatic rings. The molecule has 170 valence electrons. The Kier molecular flexibility index (Phi) is 5.63. The molecule has 8 heteroatoms. The monoisotopic (exact) mass is 474 g/mol. The number of carbonyl (C=O) groups excluding carboxylic acids is 1. The van der Waals surface area contributed by atoms with Crippen molar-refractivity contribution in [2.45, 2.75) is 19.9 Å². The molecule has 6 nitrogen and oxygen atoms in total. The van der Waals surface area contributed by atoms with Crippen LogP contribution in [0.25, 0.3) is 17.0 Å². The number of halogens is 2. The highest BCUT2D eigenvalue weighted by atomic mass is 35.5. The number of aromatic nitrogens is 2. The third-order valence-electron chi connectivity index (χ3n) is 5.78. The highest BCUT2D eigenvalue weighted by Crippen LogP contribution is 2.39. The maximum atomic E-state index is 13.4. The third kappa shape index (κ3) is 3.95. The average Bonchev–Trinajstić information content (AvgIpc) is 3.31. The Bertz CT molecular complexity index is 1400. The summed E-state index contributed by atoms with van der Waals surface area (Å²) in [7, 11) is 0. The summed E-state index contributed by atoms with van der Waals surface area (Å²) in [6.45, 7) is 3.73. The molecule has 0 spiro atoms. The van der Waals surface area contributed by atoms with E-state index >= 15 is 0 Å². The van der Waals surface area contributed by atoms with Gasteiger partial charge in [-0.05, 0) is 67.4 Å². The predicted molar refractivity (Wildman–Crippen MR) is 129 cm³/mol. The fourth-order valence-electron chi connectivity index (χ4n) is 4.04. The van der Waals surface area contributed by atoms with Crippen LogP contribution in [0.15, 0.2) is 83.0 Å². The van der Waals surface area contributed by atoms with Crippen LogP contribution in [0.1, 0.15) is 30.0 Å². The minimum absolute atomic E-state index is 0.265. The summed E-state index contributed by atoms with van der Waals surface area (Å²) in [6, 6.07) is 20.0. The highest BCUT2D eigenvalue weighted by molar-refractivity contribution is 6.31. The minimum atomic E-state index is -0.500. The van der Waals surface area contributed by atoms with E-state index in [1.165, 1.54) is 12.1 Å². The summed E-state index contributed by atoms with van der Waals surface area (Å²) in [5.41, 5.74) is 4.32. The van der Waals surface area contributed by atoms with E-state index in [-0.39, 0.29) is 17.7 Å². The molecular formula is C26H20ClFN4O2. The molecule has 1 N–H and O–H groups in total. The lowest BCUT2D eigenvalue weighted by Gasteiger charge is -2.35. The molecular weight excluding hydrogens is 455 g/mol. The van der Waals surface area contributed by atoms with Crippen LogP contribution in [0.3, 0.4) is 0 Å². The van der Waals surface area contributed by atoms with Crippen molar-refractivity contribution >= 4 is 28.9 Å². The number of carbonyl (C=O) groups is 1. The van der Waals surface area contributed by atoms with Crippen LogP contribution >= 0.6 is 11.6 Å². The first-order valence-electron chi connectivity index (χ1n) is 10.6. The summed E-state index contributed by atoms with van der Waals surface area (Å²) in [4.78, 5) is 19.4. The van der Waals surface area contributed by atoms with Crippen LogP contribution in [0.5, 0.6) is 0 Å². The first-order valence-corrected chi connectivity index (χ1v) is 11.0. The number of hydrogen-bond acceptors (Lipinski definition) is 4. The van der Waals surface area contributed by atoms with Crippen molar-refractivity contribution in [3.8, 4) is 11.4 Å². The highest BCUT2D eigenvalue weighted by Gasteiger charge is 2.36. The normalized spacial score (nSPS) is 16.1. The van der Waals surface area contributed by atoms with Gasteiger partial charge in [0.1, 0.15) is 5.82 Å². The SMILES string of the molecule is CC1=C(c2nc(-c3ccc(F)cc3)no2)C(c2ccccc2)NC(=O)N1c1ccc(Cl)c(C)c1. The van der Waals surface area contributed by atoms with E-state index in [0.717, 1.165) is 11.1 Å². The second kappa shape index (κ2) is 8.76. The lowest BCUT2D eigenvalue weighted by Crippen LogP contribution is -2.46. The summed E-state index contributed by atoms with van der Waals surface area (Å²) >= 11 is 6.20. The molecule has 4 aromatic rings. The number of allylic oxidation sites excluding steroid dienone is 1. The fraction of sp³-hybridized carbons (Fsp3) is 0.115. The largest absolute Gasteiger partial charge is 0.334 e. The fourth-order valence-corrected chi connectivity index (χ4v) is 4.16. The van der Waals surface area contributed by atoms with Crippen LogP contribution in [0.2, 0.25) is 5.02 Å². The van der Waals surface area contributed by atoms with Crippen LogP contribution in [-0.2, 0) is 0 Å². The van der Waals surface area contributed by atoms with E-state index in [1.54, 1.807) is 29.2 Å². The van der Waals surface area contributed by atoms with Crippen molar-refractivity contribution in [1.29, 1.82) is 0 Å². The molecule has 0 saturated carbocycles. The molecule has 3 aromatic carbocycles. The summed E-state index contributed by atoms with van der Waals surface area (Å²) in [5, 5.41) is 7.79. The number of amides is 2. The van der Waals surface area contributed by atoms with Gasteiger partial charge in [-0.2, -0.15) is 4.98 Å². The van der Waals surface area contributed by atoms with Crippen molar-refractivity contribution in [2.24, 2.45) is 0 Å². The van der Waals surface area contributed by atoms with Crippen LogP contribution < -0.4 is 10.2 Å². The van der Waals surface area contributed by atoms with Gasteiger partial charge in [0.15, 0.2) is 0 Å². The summed E-state index contributed by atoms with van der Waals surface area (Å²) in [6.07, 6.45) is 0. The first-order chi connectivity index (χ1) is 16.4. The Morgan fingerprint density at radius 2 is 1.76 bits per heavy atom. The molecule has 1 aromatic heterocycles. The van der Waals surface area contributed by atoms with E-state index in [4.69, 9.17) is 16.1 Å². The zero-order valence-corrected chi connectivity index (χ0v) is 19.2. The van der Waals surface area contributed by atoms with E-state index in [9.17, 15) is 9.18 Å². The number of nitrogens with one attached hydrogen (secondary N) is 1. The Labute approximate surface area is 200 Å². The molecule has 0 saturated heterocycles. The molecule has 34 heavy (non-hydrogen) atoms. The molecule has 5 rings (SSSR count). The van der Waals surface area contributed by atoms with Crippen molar-refractivity contribution in [3.63, 3.8) is 0 Å². The Morgan fingerprint density at radius 3 is 2.47 bits per heavy atom. The van der Waals surface area contributed by atoms with Gasteiger partial charge in [0, 0.05) is 16.3 Å². The Balaban J connectivity index is 1.65. The van der Waals surface area contributed by atoms with E-state index in [1.807, 2.05) is 50.2 Å². The Hall–Kier alpha value is -3.97. The van der Waals surface area contributed by atoms with Gasteiger partial charge in [0.2, 0.25) is 5.82 Å². The zero-order valence-electron chi connectivity index (χ0n) is 18.4. The van der Waals surface area contributed by atoms with Crippen molar-refractivity contribution < 1.29 is 13.7 Å². The van der Waals surface area contributed by atoms with Gasteiger partial charge in [0.25, 0.3) is 5.89 Å².